The summed E-state index contributed by atoms with van der Waals surface area (Å²) in [5, 5.41) is 13.8. The van der Waals surface area contributed by atoms with E-state index in [9.17, 15) is 4.79 Å². The quantitative estimate of drug-likeness (QED) is 0.579. The maximum absolute atomic E-state index is 11.8. The van der Waals surface area contributed by atoms with Crippen molar-refractivity contribution in [2.24, 2.45) is 0 Å². The van der Waals surface area contributed by atoms with Gasteiger partial charge in [0, 0.05) is 46.4 Å². The van der Waals surface area contributed by atoms with Crippen molar-refractivity contribution >= 4 is 29.5 Å². The fourth-order valence-corrected chi connectivity index (χ4v) is 4.47. The van der Waals surface area contributed by atoms with Crippen molar-refractivity contribution in [1.29, 1.82) is 0 Å². The predicted molar refractivity (Wildman–Crippen MR) is 106 cm³/mol. The van der Waals surface area contributed by atoms with Crippen LogP contribution in [0.25, 0.3) is 0 Å². The molecule has 0 bridgehead atoms. The van der Waals surface area contributed by atoms with Gasteiger partial charge in [-0.15, -0.1) is 0 Å². The highest BCUT2D eigenvalue weighted by atomic mass is 32.2. The molecule has 1 aromatic carbocycles. The lowest BCUT2D eigenvalue weighted by Gasteiger charge is -2.14. The highest BCUT2D eigenvalue weighted by Crippen LogP contribution is 2.37. The molecule has 0 saturated heterocycles. The number of amides is 1. The zero-order chi connectivity index (χ0) is 18.8. The molecule has 144 valence electrons. The van der Waals surface area contributed by atoms with Gasteiger partial charge in [0.1, 0.15) is 6.10 Å². The maximum Gasteiger partial charge on any atom is 0.407 e. The molecule has 1 aliphatic carbocycles. The minimum absolute atomic E-state index is 0.0334. The normalized spacial score (nSPS) is 21.3. The van der Waals surface area contributed by atoms with Crippen LogP contribution >= 0.6 is 11.9 Å². The van der Waals surface area contributed by atoms with Gasteiger partial charge in [0.25, 0.3) is 0 Å². The molecule has 8 heteroatoms. The summed E-state index contributed by atoms with van der Waals surface area (Å²) in [5.74, 6) is 1.15. The number of anilines is 2. The Morgan fingerprint density at radius 3 is 3.11 bits per heavy atom. The first-order valence-corrected chi connectivity index (χ1v) is 10.2. The number of carbonyl (C=O) groups is 1. The van der Waals surface area contributed by atoms with Crippen molar-refractivity contribution in [3.8, 4) is 0 Å². The van der Waals surface area contributed by atoms with Crippen molar-refractivity contribution in [2.45, 2.75) is 62.6 Å². The van der Waals surface area contributed by atoms with Gasteiger partial charge < -0.3 is 15.4 Å². The molecule has 4 rings (SSSR count). The summed E-state index contributed by atoms with van der Waals surface area (Å²) >= 11 is 1.66. The fraction of sp³-hybridized carbons (Fsp3) is 0.474. The van der Waals surface area contributed by atoms with Gasteiger partial charge in [-0.05, 0) is 57.2 Å². The van der Waals surface area contributed by atoms with Gasteiger partial charge in [0.05, 0.1) is 0 Å². The molecule has 1 aliphatic heterocycles. The van der Waals surface area contributed by atoms with E-state index in [1.807, 2.05) is 13.8 Å². The molecule has 0 radical (unpaired) electrons. The molecule has 2 aromatic rings. The number of nitrogens with zero attached hydrogens (tertiary/aromatic N) is 1. The molecule has 2 aliphatic rings. The van der Waals surface area contributed by atoms with Crippen LogP contribution in [0, 0.1) is 0 Å². The third kappa shape index (κ3) is 4.22. The van der Waals surface area contributed by atoms with Crippen LogP contribution in [0.5, 0.6) is 0 Å². The van der Waals surface area contributed by atoms with Gasteiger partial charge in [-0.1, -0.05) is 6.07 Å². The monoisotopic (exact) mass is 387 g/mol. The van der Waals surface area contributed by atoms with E-state index < -0.39 is 0 Å². The van der Waals surface area contributed by atoms with E-state index in [2.05, 4.69) is 49.8 Å². The SMILES string of the molecule is CC(C)NC(=O)O[C@@H]1CC[C@H](c2cc(Nc3cccc4c3CNS4)n[nH]2)C1. The van der Waals surface area contributed by atoms with Crippen molar-refractivity contribution in [3.63, 3.8) is 0 Å². The number of H-pyrrole nitrogens is 1. The number of alkyl carbamates (subject to hydrolysis) is 1. The first-order chi connectivity index (χ1) is 13.1. The largest absolute Gasteiger partial charge is 0.446 e. The van der Waals surface area contributed by atoms with Gasteiger partial charge in [-0.2, -0.15) is 5.10 Å². The molecule has 1 fully saturated rings. The Morgan fingerprint density at radius 1 is 1.37 bits per heavy atom. The highest BCUT2D eigenvalue weighted by Gasteiger charge is 2.30. The highest BCUT2D eigenvalue weighted by molar-refractivity contribution is 7.97. The first-order valence-electron chi connectivity index (χ1n) is 9.39. The Hall–Kier alpha value is -2.19. The molecule has 0 unspecified atom stereocenters. The second-order valence-corrected chi connectivity index (χ2v) is 8.31. The molecular formula is C19H25N5O2S. The van der Waals surface area contributed by atoms with Crippen molar-refractivity contribution in [1.82, 2.24) is 20.2 Å². The average Bonchev–Trinajstić information content (AvgIpc) is 3.33. The Labute approximate surface area is 163 Å². The summed E-state index contributed by atoms with van der Waals surface area (Å²) in [5.41, 5.74) is 3.45. The number of carbonyl (C=O) groups excluding carboxylic acids is 1. The lowest BCUT2D eigenvalue weighted by molar-refractivity contribution is 0.0981. The Morgan fingerprint density at radius 2 is 2.26 bits per heavy atom. The number of aromatic nitrogens is 2. The third-order valence-corrected chi connectivity index (χ3v) is 5.82. The zero-order valence-corrected chi connectivity index (χ0v) is 16.4. The molecule has 2 atom stereocenters. The topological polar surface area (TPSA) is 91.1 Å². The molecule has 1 aromatic heterocycles. The van der Waals surface area contributed by atoms with Gasteiger partial charge in [-0.3, -0.25) is 9.82 Å². The minimum Gasteiger partial charge on any atom is -0.446 e. The number of fused-ring (bicyclic) bond motifs is 1. The standard InChI is InChI=1S/C19H25N5O2S/c1-11(2)21-19(25)26-13-7-6-12(8-13)16-9-18(24-23-16)22-15-4-3-5-17-14(15)10-20-27-17/h3-5,9,11-13,20H,6-8,10H2,1-2H3,(H,21,25)(H2,22,23,24)/t12-,13+/m0/s1. The molecule has 4 N–H and O–H groups in total. The molecule has 27 heavy (non-hydrogen) atoms. The summed E-state index contributed by atoms with van der Waals surface area (Å²) in [6.45, 7) is 4.70. The number of benzene rings is 1. The first kappa shape index (κ1) is 18.2. The van der Waals surface area contributed by atoms with Crippen LogP contribution in [0.1, 0.15) is 50.3 Å². The number of ether oxygens (including phenoxy) is 1. The Balaban J connectivity index is 1.36. The molecule has 1 saturated carbocycles. The lowest BCUT2D eigenvalue weighted by atomic mass is 10.0. The Kier molecular flexibility index (Phi) is 5.27. The second-order valence-electron chi connectivity index (χ2n) is 7.38. The van der Waals surface area contributed by atoms with Gasteiger partial charge in [0.15, 0.2) is 5.82 Å². The van der Waals surface area contributed by atoms with Crippen molar-refractivity contribution in [3.05, 3.63) is 35.5 Å². The number of hydrogen-bond acceptors (Lipinski definition) is 6. The van der Waals surface area contributed by atoms with E-state index in [4.69, 9.17) is 4.74 Å². The van der Waals surface area contributed by atoms with Crippen LogP contribution in [0.4, 0.5) is 16.3 Å². The summed E-state index contributed by atoms with van der Waals surface area (Å²) in [6.07, 6.45) is 2.34. The maximum atomic E-state index is 11.8. The summed E-state index contributed by atoms with van der Waals surface area (Å²) in [6, 6.07) is 8.40. The summed E-state index contributed by atoms with van der Waals surface area (Å²) in [4.78, 5) is 13.0. The van der Waals surface area contributed by atoms with Crippen molar-refractivity contribution < 1.29 is 9.53 Å². The molecule has 2 heterocycles. The third-order valence-electron chi connectivity index (χ3n) is 4.93. The molecule has 1 amide bonds. The van der Waals surface area contributed by atoms with Crippen LogP contribution in [-0.2, 0) is 11.3 Å². The molecular weight excluding hydrogens is 362 g/mol. The second kappa shape index (κ2) is 7.82. The van der Waals surface area contributed by atoms with E-state index in [1.54, 1.807) is 11.9 Å². The smallest absolute Gasteiger partial charge is 0.407 e. The van der Waals surface area contributed by atoms with Crippen LogP contribution in [0.3, 0.4) is 0 Å². The number of aromatic amines is 1. The van der Waals surface area contributed by atoms with E-state index in [-0.39, 0.29) is 18.2 Å². The lowest BCUT2D eigenvalue weighted by Crippen LogP contribution is -2.33. The van der Waals surface area contributed by atoms with Gasteiger partial charge >= 0.3 is 6.09 Å². The Bertz CT molecular complexity index is 822. The predicted octanol–water partition coefficient (Wildman–Crippen LogP) is 4.03. The van der Waals surface area contributed by atoms with Crippen LogP contribution in [0.2, 0.25) is 0 Å². The van der Waals surface area contributed by atoms with Crippen LogP contribution < -0.4 is 15.4 Å². The minimum atomic E-state index is -0.327. The summed E-state index contributed by atoms with van der Waals surface area (Å²) < 4.78 is 8.82. The van der Waals surface area contributed by atoms with E-state index in [0.29, 0.717) is 5.92 Å². The average molecular weight is 388 g/mol. The van der Waals surface area contributed by atoms with Gasteiger partial charge in [-0.25, -0.2) is 4.79 Å². The van der Waals surface area contributed by atoms with Crippen LogP contribution in [-0.4, -0.2) is 28.4 Å². The zero-order valence-electron chi connectivity index (χ0n) is 15.5. The van der Waals surface area contributed by atoms with Crippen molar-refractivity contribution in [2.75, 3.05) is 5.32 Å². The number of hydrogen-bond donors (Lipinski definition) is 4. The summed E-state index contributed by atoms with van der Waals surface area (Å²) in [7, 11) is 0. The van der Waals surface area contributed by atoms with Gasteiger partial charge in [0.2, 0.25) is 0 Å². The fourth-order valence-electron chi connectivity index (χ4n) is 3.65. The van der Waals surface area contributed by atoms with E-state index in [1.165, 1.54) is 10.5 Å². The molecule has 7 nitrogen and oxygen atoms in total. The molecule has 0 spiro atoms. The number of rotatable bonds is 5. The van der Waals surface area contributed by atoms with Crippen LogP contribution in [0.15, 0.2) is 29.2 Å². The van der Waals surface area contributed by atoms with E-state index >= 15 is 0 Å². The number of nitrogens with one attached hydrogen (secondary N) is 4. The van der Waals surface area contributed by atoms with E-state index in [0.717, 1.165) is 43.0 Å².